The van der Waals surface area contributed by atoms with Gasteiger partial charge in [-0.05, 0) is 32.4 Å². The van der Waals surface area contributed by atoms with Crippen molar-refractivity contribution in [2.75, 3.05) is 59.3 Å². The van der Waals surface area contributed by atoms with Gasteiger partial charge in [0.1, 0.15) is 0 Å². The fourth-order valence-corrected chi connectivity index (χ4v) is 2.41. The lowest BCUT2D eigenvalue weighted by Crippen LogP contribution is -2.33. The zero-order valence-corrected chi connectivity index (χ0v) is 14.3. The van der Waals surface area contributed by atoms with E-state index < -0.39 is 0 Å². The van der Waals surface area contributed by atoms with Crippen LogP contribution in [0.4, 0.5) is 0 Å². The van der Waals surface area contributed by atoms with Gasteiger partial charge in [0.25, 0.3) is 0 Å². The van der Waals surface area contributed by atoms with Crippen LogP contribution in [0, 0.1) is 0 Å². The summed E-state index contributed by atoms with van der Waals surface area (Å²) in [6, 6.07) is 0. The number of piperidine rings is 1. The summed E-state index contributed by atoms with van der Waals surface area (Å²) in [7, 11) is 0. The molecule has 0 aromatic rings. The van der Waals surface area contributed by atoms with Crippen molar-refractivity contribution in [1.29, 1.82) is 0 Å². The molecule has 0 amide bonds. The van der Waals surface area contributed by atoms with Gasteiger partial charge in [0.15, 0.2) is 0 Å². The zero-order valence-electron chi connectivity index (χ0n) is 14.3. The van der Waals surface area contributed by atoms with Gasteiger partial charge in [-0.1, -0.05) is 26.2 Å². The highest BCUT2D eigenvalue weighted by Gasteiger charge is 2.12. The highest BCUT2D eigenvalue weighted by atomic mass is 16.6. The van der Waals surface area contributed by atoms with Crippen LogP contribution in [0.2, 0.25) is 0 Å². The fraction of sp³-hybridized carbons (Fsp3) is 1.00. The van der Waals surface area contributed by atoms with E-state index in [1.165, 1.54) is 19.3 Å². The summed E-state index contributed by atoms with van der Waals surface area (Å²) in [4.78, 5) is 0. The molecule has 0 spiro atoms. The average molecular weight is 317 g/mol. The molecule has 1 saturated heterocycles. The Hall–Kier alpha value is -0.200. The summed E-state index contributed by atoms with van der Waals surface area (Å²) in [5.41, 5.74) is 0. The van der Waals surface area contributed by atoms with Crippen molar-refractivity contribution in [3.63, 3.8) is 0 Å². The van der Waals surface area contributed by atoms with Crippen molar-refractivity contribution < 1.29 is 18.9 Å². The van der Waals surface area contributed by atoms with Crippen molar-refractivity contribution in [2.24, 2.45) is 0 Å². The van der Waals surface area contributed by atoms with Gasteiger partial charge in [0, 0.05) is 6.61 Å². The van der Waals surface area contributed by atoms with Crippen LogP contribution in [0.1, 0.15) is 45.4 Å². The van der Waals surface area contributed by atoms with E-state index in [9.17, 15) is 0 Å². The number of hydrogen-bond donors (Lipinski definition) is 1. The standard InChI is InChI=1S/C17H35NO4/c1-2-3-4-5-10-19-11-12-20-13-14-21-15-16-22-17-6-8-18-9-7-17/h17-18H,2-16H2,1H3. The zero-order chi connectivity index (χ0) is 15.7. The summed E-state index contributed by atoms with van der Waals surface area (Å²) >= 11 is 0. The van der Waals surface area contributed by atoms with Crippen LogP contribution in [0.3, 0.4) is 0 Å². The van der Waals surface area contributed by atoms with Crippen molar-refractivity contribution in [3.05, 3.63) is 0 Å². The highest BCUT2D eigenvalue weighted by molar-refractivity contribution is 4.67. The van der Waals surface area contributed by atoms with E-state index in [-0.39, 0.29) is 0 Å². The Labute approximate surface area is 136 Å². The molecule has 22 heavy (non-hydrogen) atoms. The summed E-state index contributed by atoms with van der Waals surface area (Å²) in [6.07, 6.45) is 7.64. The van der Waals surface area contributed by atoms with E-state index >= 15 is 0 Å². The normalized spacial score (nSPS) is 16.2. The van der Waals surface area contributed by atoms with Crippen molar-refractivity contribution in [2.45, 2.75) is 51.6 Å². The van der Waals surface area contributed by atoms with E-state index in [0.29, 0.717) is 45.7 Å². The predicted octanol–water partition coefficient (Wildman–Crippen LogP) is 2.39. The maximum atomic E-state index is 5.76. The van der Waals surface area contributed by atoms with Crippen LogP contribution < -0.4 is 5.32 Å². The maximum absolute atomic E-state index is 5.76. The Morgan fingerprint density at radius 1 is 0.727 bits per heavy atom. The van der Waals surface area contributed by atoms with E-state index in [4.69, 9.17) is 18.9 Å². The first-order valence-electron chi connectivity index (χ1n) is 8.99. The molecule has 0 atom stereocenters. The molecule has 0 aliphatic carbocycles. The SMILES string of the molecule is CCCCCCOCCOCCOCCOC1CCNCC1. The van der Waals surface area contributed by atoms with E-state index in [1.54, 1.807) is 0 Å². The minimum atomic E-state index is 0.413. The van der Waals surface area contributed by atoms with E-state index in [0.717, 1.165) is 39.0 Å². The van der Waals surface area contributed by atoms with Gasteiger partial charge < -0.3 is 24.3 Å². The molecule has 5 nitrogen and oxygen atoms in total. The number of ether oxygens (including phenoxy) is 4. The molecule has 0 unspecified atom stereocenters. The molecule has 1 rings (SSSR count). The van der Waals surface area contributed by atoms with Gasteiger partial charge in [-0.2, -0.15) is 0 Å². The number of unbranched alkanes of at least 4 members (excludes halogenated alkanes) is 3. The minimum absolute atomic E-state index is 0.413. The monoisotopic (exact) mass is 317 g/mol. The third kappa shape index (κ3) is 12.4. The van der Waals surface area contributed by atoms with Gasteiger partial charge in [0.2, 0.25) is 0 Å². The number of rotatable bonds is 15. The van der Waals surface area contributed by atoms with Crippen LogP contribution in [-0.4, -0.2) is 65.4 Å². The second-order valence-corrected chi connectivity index (χ2v) is 5.72. The summed E-state index contributed by atoms with van der Waals surface area (Å²) in [5, 5.41) is 3.33. The summed E-state index contributed by atoms with van der Waals surface area (Å²) in [6.45, 7) is 9.16. The molecule has 1 aliphatic rings. The second-order valence-electron chi connectivity index (χ2n) is 5.72. The molecule has 1 aliphatic heterocycles. The van der Waals surface area contributed by atoms with Crippen LogP contribution in [0.15, 0.2) is 0 Å². The van der Waals surface area contributed by atoms with Crippen molar-refractivity contribution in [3.8, 4) is 0 Å². The van der Waals surface area contributed by atoms with Crippen LogP contribution in [0.5, 0.6) is 0 Å². The fourth-order valence-electron chi connectivity index (χ4n) is 2.41. The van der Waals surface area contributed by atoms with Crippen LogP contribution >= 0.6 is 0 Å². The molecule has 0 bridgehead atoms. The highest BCUT2D eigenvalue weighted by Crippen LogP contribution is 2.06. The predicted molar refractivity (Wildman–Crippen MR) is 88.4 cm³/mol. The lowest BCUT2D eigenvalue weighted by molar-refractivity contribution is -0.0252. The lowest BCUT2D eigenvalue weighted by Gasteiger charge is -2.22. The molecule has 0 saturated carbocycles. The molecule has 1 heterocycles. The topological polar surface area (TPSA) is 49.0 Å². The first-order valence-corrected chi connectivity index (χ1v) is 8.99. The Morgan fingerprint density at radius 3 is 1.95 bits per heavy atom. The molecule has 0 aromatic carbocycles. The van der Waals surface area contributed by atoms with Crippen molar-refractivity contribution in [1.82, 2.24) is 5.32 Å². The number of hydrogen-bond acceptors (Lipinski definition) is 5. The molecule has 1 N–H and O–H groups in total. The van der Waals surface area contributed by atoms with Gasteiger partial charge in [-0.3, -0.25) is 0 Å². The molecular formula is C17H35NO4. The molecule has 0 radical (unpaired) electrons. The Balaban J connectivity index is 1.68. The summed E-state index contributed by atoms with van der Waals surface area (Å²) < 4.78 is 22.2. The van der Waals surface area contributed by atoms with Gasteiger partial charge >= 0.3 is 0 Å². The first kappa shape index (κ1) is 19.8. The lowest BCUT2D eigenvalue weighted by atomic mass is 10.1. The Morgan fingerprint density at radius 2 is 1.32 bits per heavy atom. The molecule has 1 fully saturated rings. The quantitative estimate of drug-likeness (QED) is 0.470. The van der Waals surface area contributed by atoms with E-state index in [1.807, 2.05) is 0 Å². The van der Waals surface area contributed by atoms with Gasteiger partial charge in [-0.15, -0.1) is 0 Å². The van der Waals surface area contributed by atoms with Crippen LogP contribution in [0.25, 0.3) is 0 Å². The smallest absolute Gasteiger partial charge is 0.0704 e. The minimum Gasteiger partial charge on any atom is -0.379 e. The number of nitrogens with one attached hydrogen (secondary N) is 1. The third-order valence-corrected chi connectivity index (χ3v) is 3.75. The largest absolute Gasteiger partial charge is 0.379 e. The summed E-state index contributed by atoms with van der Waals surface area (Å²) in [5.74, 6) is 0. The van der Waals surface area contributed by atoms with Crippen molar-refractivity contribution >= 4 is 0 Å². The molecule has 132 valence electrons. The Kier molecular flexibility index (Phi) is 14.2. The van der Waals surface area contributed by atoms with Crippen LogP contribution in [-0.2, 0) is 18.9 Å². The molecule has 5 heteroatoms. The first-order chi connectivity index (χ1) is 10.9. The maximum Gasteiger partial charge on any atom is 0.0704 e. The molecule has 0 aromatic heterocycles. The van der Waals surface area contributed by atoms with Gasteiger partial charge in [0.05, 0.1) is 45.7 Å². The molecular weight excluding hydrogens is 282 g/mol. The average Bonchev–Trinajstić information content (AvgIpc) is 2.56. The third-order valence-electron chi connectivity index (χ3n) is 3.75. The second kappa shape index (κ2) is 15.7. The van der Waals surface area contributed by atoms with E-state index in [2.05, 4.69) is 12.2 Å². The van der Waals surface area contributed by atoms with Gasteiger partial charge in [-0.25, -0.2) is 0 Å². The Bertz CT molecular complexity index is 223.